The summed E-state index contributed by atoms with van der Waals surface area (Å²) in [4.78, 5) is 11.7. The van der Waals surface area contributed by atoms with Crippen LogP contribution in [-0.4, -0.2) is 22.7 Å². The highest BCUT2D eigenvalue weighted by Crippen LogP contribution is 2.16. The molecule has 1 amide bonds. The predicted octanol–water partition coefficient (Wildman–Crippen LogP) is 2.43. The molecule has 0 atom stereocenters. The Morgan fingerprint density at radius 3 is 2.79 bits per heavy atom. The number of carbonyl (C=O) groups is 1. The number of aryl methyl sites for hydroxylation is 2. The highest BCUT2D eigenvalue weighted by molar-refractivity contribution is 5.90. The molecule has 0 saturated heterocycles. The second-order valence-electron chi connectivity index (χ2n) is 4.34. The summed E-state index contributed by atoms with van der Waals surface area (Å²) in [5, 5.41) is 9.33. The summed E-state index contributed by atoms with van der Waals surface area (Å²) in [6.07, 6.45) is 1.96. The Kier molecular flexibility index (Phi) is 4.18. The molecule has 19 heavy (non-hydrogen) atoms. The van der Waals surface area contributed by atoms with Crippen molar-refractivity contribution in [2.24, 2.45) is 0 Å². The molecule has 0 spiro atoms. The van der Waals surface area contributed by atoms with E-state index in [0.29, 0.717) is 18.8 Å². The highest BCUT2D eigenvalue weighted by atomic mass is 16.5. The Hall–Kier alpha value is -2.30. The molecule has 2 N–H and O–H groups in total. The van der Waals surface area contributed by atoms with Crippen molar-refractivity contribution < 1.29 is 9.53 Å². The van der Waals surface area contributed by atoms with Crippen molar-refractivity contribution in [2.45, 2.75) is 20.3 Å². The van der Waals surface area contributed by atoms with Gasteiger partial charge in [-0.25, -0.2) is 0 Å². The van der Waals surface area contributed by atoms with Crippen molar-refractivity contribution >= 4 is 11.7 Å². The molecule has 0 saturated carbocycles. The number of amides is 1. The number of anilines is 1. The zero-order valence-electron chi connectivity index (χ0n) is 11.1. The fourth-order valence-corrected chi connectivity index (χ4v) is 1.65. The minimum absolute atomic E-state index is 0.0964. The first-order valence-corrected chi connectivity index (χ1v) is 6.15. The summed E-state index contributed by atoms with van der Waals surface area (Å²) in [5.41, 5.74) is 1.97. The molecule has 1 aromatic carbocycles. The number of nitrogens with zero attached hydrogens (tertiary/aromatic N) is 1. The summed E-state index contributed by atoms with van der Waals surface area (Å²) in [7, 11) is 0. The molecule has 2 aromatic rings. The minimum Gasteiger partial charge on any atom is -0.493 e. The van der Waals surface area contributed by atoms with Crippen LogP contribution >= 0.6 is 0 Å². The van der Waals surface area contributed by atoms with E-state index >= 15 is 0 Å². The van der Waals surface area contributed by atoms with Crippen LogP contribution in [0.25, 0.3) is 0 Å². The zero-order chi connectivity index (χ0) is 13.7. The normalized spacial score (nSPS) is 10.2. The Morgan fingerprint density at radius 2 is 2.11 bits per heavy atom. The smallest absolute Gasteiger partial charge is 0.228 e. The molecule has 5 heteroatoms. The molecule has 0 aliphatic rings. The monoisotopic (exact) mass is 259 g/mol. The topological polar surface area (TPSA) is 67.0 Å². The van der Waals surface area contributed by atoms with Gasteiger partial charge in [0.15, 0.2) is 0 Å². The van der Waals surface area contributed by atoms with Crippen LogP contribution in [0, 0.1) is 13.8 Å². The third-order valence-electron chi connectivity index (χ3n) is 2.77. The maximum absolute atomic E-state index is 11.7. The highest BCUT2D eigenvalue weighted by Gasteiger charge is 2.06. The molecular weight excluding hydrogens is 242 g/mol. The van der Waals surface area contributed by atoms with Gasteiger partial charge in [-0.3, -0.25) is 9.89 Å². The zero-order valence-corrected chi connectivity index (χ0v) is 11.1. The molecule has 1 aromatic heterocycles. The van der Waals surface area contributed by atoms with Gasteiger partial charge in [0.05, 0.1) is 19.2 Å². The molecule has 2 rings (SSSR count). The number of hydrogen-bond acceptors (Lipinski definition) is 3. The van der Waals surface area contributed by atoms with Crippen LogP contribution in [0.15, 0.2) is 30.5 Å². The van der Waals surface area contributed by atoms with Crippen molar-refractivity contribution in [1.29, 1.82) is 0 Å². The van der Waals surface area contributed by atoms with Crippen molar-refractivity contribution in [3.05, 3.63) is 41.6 Å². The van der Waals surface area contributed by atoms with Gasteiger partial charge in [-0.05, 0) is 25.5 Å². The van der Waals surface area contributed by atoms with E-state index in [1.807, 2.05) is 38.1 Å². The first-order chi connectivity index (χ1) is 9.16. The maximum atomic E-state index is 11.7. The number of nitrogens with one attached hydrogen (secondary N) is 2. The van der Waals surface area contributed by atoms with Crippen LogP contribution in [-0.2, 0) is 4.79 Å². The van der Waals surface area contributed by atoms with Gasteiger partial charge in [0.25, 0.3) is 0 Å². The number of ether oxygens (including phenoxy) is 1. The lowest BCUT2D eigenvalue weighted by molar-refractivity contribution is -0.116. The number of H-pyrrole nitrogens is 1. The van der Waals surface area contributed by atoms with E-state index in [-0.39, 0.29) is 5.91 Å². The number of aromatic nitrogens is 2. The van der Waals surface area contributed by atoms with E-state index in [2.05, 4.69) is 15.5 Å². The van der Waals surface area contributed by atoms with Gasteiger partial charge in [-0.2, -0.15) is 5.10 Å². The second-order valence-corrected chi connectivity index (χ2v) is 4.34. The van der Waals surface area contributed by atoms with E-state index in [9.17, 15) is 4.79 Å². The Balaban J connectivity index is 1.79. The van der Waals surface area contributed by atoms with Gasteiger partial charge in [-0.1, -0.05) is 18.2 Å². The number of rotatable bonds is 5. The fraction of sp³-hybridized carbons (Fsp3) is 0.286. The fourth-order valence-electron chi connectivity index (χ4n) is 1.65. The van der Waals surface area contributed by atoms with Crippen molar-refractivity contribution in [3.63, 3.8) is 0 Å². The average Bonchev–Trinajstić information content (AvgIpc) is 2.77. The summed E-state index contributed by atoms with van der Waals surface area (Å²) < 4.78 is 5.57. The van der Waals surface area contributed by atoms with E-state index < -0.39 is 0 Å². The van der Waals surface area contributed by atoms with Crippen LogP contribution in [0.4, 0.5) is 5.82 Å². The van der Waals surface area contributed by atoms with Gasteiger partial charge in [-0.15, -0.1) is 0 Å². The van der Waals surface area contributed by atoms with E-state index in [1.54, 1.807) is 6.20 Å². The number of hydrogen-bond donors (Lipinski definition) is 2. The Labute approximate surface area is 112 Å². The largest absolute Gasteiger partial charge is 0.493 e. The molecular formula is C14H17N3O2. The third kappa shape index (κ3) is 3.58. The third-order valence-corrected chi connectivity index (χ3v) is 2.77. The maximum Gasteiger partial charge on any atom is 0.228 e. The summed E-state index contributed by atoms with van der Waals surface area (Å²) in [5.74, 6) is 1.36. The Morgan fingerprint density at radius 1 is 1.32 bits per heavy atom. The number of aromatic amines is 1. The predicted molar refractivity (Wildman–Crippen MR) is 73.2 cm³/mol. The van der Waals surface area contributed by atoms with Crippen molar-refractivity contribution in [2.75, 3.05) is 11.9 Å². The molecule has 0 radical (unpaired) electrons. The number of para-hydroxylation sites is 1. The van der Waals surface area contributed by atoms with Crippen LogP contribution in [0.2, 0.25) is 0 Å². The van der Waals surface area contributed by atoms with Crippen molar-refractivity contribution in [1.82, 2.24) is 10.2 Å². The van der Waals surface area contributed by atoms with Crippen LogP contribution < -0.4 is 10.1 Å². The van der Waals surface area contributed by atoms with E-state index in [0.717, 1.165) is 16.9 Å². The van der Waals surface area contributed by atoms with Crippen molar-refractivity contribution in [3.8, 4) is 5.75 Å². The van der Waals surface area contributed by atoms with Crippen LogP contribution in [0.1, 0.15) is 17.5 Å². The molecule has 0 bridgehead atoms. The lowest BCUT2D eigenvalue weighted by Crippen LogP contribution is -2.16. The molecule has 0 aliphatic heterocycles. The summed E-state index contributed by atoms with van der Waals surface area (Å²) >= 11 is 0. The second kappa shape index (κ2) is 6.04. The SMILES string of the molecule is Cc1ccccc1OCCC(=O)Nc1[nH]ncc1C. The quantitative estimate of drug-likeness (QED) is 0.866. The Bertz CT molecular complexity index is 563. The molecule has 1 heterocycles. The minimum atomic E-state index is -0.0964. The molecule has 5 nitrogen and oxygen atoms in total. The first-order valence-electron chi connectivity index (χ1n) is 6.15. The van der Waals surface area contributed by atoms with Crippen LogP contribution in [0.3, 0.4) is 0 Å². The average molecular weight is 259 g/mol. The van der Waals surface area contributed by atoms with E-state index in [4.69, 9.17) is 4.74 Å². The van der Waals surface area contributed by atoms with Gasteiger partial charge >= 0.3 is 0 Å². The number of carbonyl (C=O) groups excluding carboxylic acids is 1. The molecule has 0 aliphatic carbocycles. The van der Waals surface area contributed by atoms with E-state index in [1.165, 1.54) is 0 Å². The lowest BCUT2D eigenvalue weighted by Gasteiger charge is -2.08. The molecule has 0 unspecified atom stereocenters. The van der Waals surface area contributed by atoms with Gasteiger partial charge in [0, 0.05) is 5.56 Å². The molecule has 100 valence electrons. The standard InChI is InChI=1S/C14H17N3O2/c1-10-5-3-4-6-12(10)19-8-7-13(18)16-14-11(2)9-15-17-14/h3-6,9H,7-8H2,1-2H3,(H2,15,16,17,18). The van der Waals surface area contributed by atoms with Gasteiger partial charge in [0.2, 0.25) is 5.91 Å². The molecule has 0 fully saturated rings. The van der Waals surface area contributed by atoms with Gasteiger partial charge in [0.1, 0.15) is 11.6 Å². The van der Waals surface area contributed by atoms with Crippen LogP contribution in [0.5, 0.6) is 5.75 Å². The lowest BCUT2D eigenvalue weighted by atomic mass is 10.2. The van der Waals surface area contributed by atoms with Gasteiger partial charge < -0.3 is 10.1 Å². The summed E-state index contributed by atoms with van der Waals surface area (Å²) in [6, 6.07) is 7.74. The number of benzene rings is 1. The first kappa shape index (κ1) is 13.1. The summed E-state index contributed by atoms with van der Waals surface area (Å²) in [6.45, 7) is 4.20.